The number of H-pyrrole nitrogens is 1. The van der Waals surface area contributed by atoms with E-state index in [0.717, 1.165) is 23.7 Å². The fraction of sp³-hybridized carbons (Fsp3) is 0.429. The van der Waals surface area contributed by atoms with Crippen molar-refractivity contribution in [1.29, 1.82) is 0 Å². The lowest BCUT2D eigenvalue weighted by molar-refractivity contribution is 0.0680. The average molecular weight is 259 g/mol. The third-order valence-electron chi connectivity index (χ3n) is 3.47. The van der Waals surface area contributed by atoms with Crippen molar-refractivity contribution < 1.29 is 9.53 Å². The summed E-state index contributed by atoms with van der Waals surface area (Å²) in [7, 11) is 1.66. The molecule has 1 fully saturated rings. The molecule has 0 aliphatic heterocycles. The fourth-order valence-corrected chi connectivity index (χ4v) is 2.26. The molecule has 0 bridgehead atoms. The van der Waals surface area contributed by atoms with Gasteiger partial charge in [-0.15, -0.1) is 0 Å². The van der Waals surface area contributed by atoms with Gasteiger partial charge in [0.2, 0.25) is 0 Å². The van der Waals surface area contributed by atoms with Crippen LogP contribution in [0.1, 0.15) is 23.2 Å². The first-order valence-electron chi connectivity index (χ1n) is 6.52. The van der Waals surface area contributed by atoms with Gasteiger partial charge in [-0.25, -0.2) is 0 Å². The van der Waals surface area contributed by atoms with Crippen LogP contribution in [0.2, 0.25) is 0 Å². The Balaban J connectivity index is 1.83. The maximum Gasteiger partial charge on any atom is 0.254 e. The van der Waals surface area contributed by atoms with Gasteiger partial charge in [0.25, 0.3) is 5.91 Å². The Bertz CT molecular complexity index is 589. The van der Waals surface area contributed by atoms with Gasteiger partial charge in [0, 0.05) is 30.6 Å². The zero-order valence-electron chi connectivity index (χ0n) is 10.9. The minimum Gasteiger partial charge on any atom is -0.383 e. The monoisotopic (exact) mass is 259 g/mol. The lowest BCUT2D eigenvalue weighted by atomic mass is 10.1. The number of hydrogen-bond donors (Lipinski definition) is 1. The molecule has 1 aromatic carbocycles. The molecule has 100 valence electrons. The van der Waals surface area contributed by atoms with E-state index >= 15 is 0 Å². The molecule has 0 saturated heterocycles. The second-order valence-corrected chi connectivity index (χ2v) is 4.89. The maximum atomic E-state index is 12.5. The van der Waals surface area contributed by atoms with Crippen molar-refractivity contribution in [3.8, 4) is 0 Å². The minimum absolute atomic E-state index is 0.0797. The molecule has 1 amide bonds. The number of ether oxygens (including phenoxy) is 1. The number of fused-ring (bicyclic) bond motifs is 1. The number of aromatic nitrogens is 2. The first-order valence-corrected chi connectivity index (χ1v) is 6.52. The quantitative estimate of drug-likeness (QED) is 0.891. The third kappa shape index (κ3) is 2.46. The number of carbonyl (C=O) groups is 1. The summed E-state index contributed by atoms with van der Waals surface area (Å²) in [5.74, 6) is 0.0797. The van der Waals surface area contributed by atoms with E-state index in [1.165, 1.54) is 0 Å². The Labute approximate surface area is 111 Å². The van der Waals surface area contributed by atoms with E-state index in [1.807, 2.05) is 23.1 Å². The molecule has 19 heavy (non-hydrogen) atoms. The number of hydrogen-bond acceptors (Lipinski definition) is 3. The van der Waals surface area contributed by atoms with Crippen molar-refractivity contribution in [3.05, 3.63) is 30.0 Å². The SMILES string of the molecule is COCCN(C(=O)c1ccc2cn[nH]c2c1)C1CC1. The van der Waals surface area contributed by atoms with E-state index in [0.29, 0.717) is 24.8 Å². The van der Waals surface area contributed by atoms with Crippen LogP contribution >= 0.6 is 0 Å². The molecule has 1 N–H and O–H groups in total. The summed E-state index contributed by atoms with van der Waals surface area (Å²) in [6.45, 7) is 1.23. The van der Waals surface area contributed by atoms with Crippen LogP contribution in [0.5, 0.6) is 0 Å². The van der Waals surface area contributed by atoms with Crippen molar-refractivity contribution in [2.45, 2.75) is 18.9 Å². The zero-order chi connectivity index (χ0) is 13.2. The lowest BCUT2D eigenvalue weighted by Crippen LogP contribution is -2.35. The van der Waals surface area contributed by atoms with Crippen LogP contribution in [0.25, 0.3) is 10.9 Å². The van der Waals surface area contributed by atoms with Crippen molar-refractivity contribution in [3.63, 3.8) is 0 Å². The molecular weight excluding hydrogens is 242 g/mol. The summed E-state index contributed by atoms with van der Waals surface area (Å²) < 4.78 is 5.08. The maximum absolute atomic E-state index is 12.5. The molecule has 1 aliphatic carbocycles. The van der Waals surface area contributed by atoms with Crippen LogP contribution in [-0.4, -0.2) is 47.3 Å². The topological polar surface area (TPSA) is 58.2 Å². The molecule has 0 unspecified atom stereocenters. The molecule has 1 aliphatic rings. The molecule has 1 saturated carbocycles. The van der Waals surface area contributed by atoms with Gasteiger partial charge in [-0.3, -0.25) is 9.89 Å². The molecule has 5 heteroatoms. The van der Waals surface area contributed by atoms with E-state index in [2.05, 4.69) is 10.2 Å². The van der Waals surface area contributed by atoms with E-state index in [4.69, 9.17) is 4.74 Å². The number of nitrogens with zero attached hydrogens (tertiary/aromatic N) is 2. The van der Waals surface area contributed by atoms with Crippen LogP contribution in [0.4, 0.5) is 0 Å². The minimum atomic E-state index is 0.0797. The van der Waals surface area contributed by atoms with E-state index in [9.17, 15) is 4.79 Å². The van der Waals surface area contributed by atoms with E-state index in [1.54, 1.807) is 13.3 Å². The predicted molar refractivity (Wildman–Crippen MR) is 72.0 cm³/mol. The highest BCUT2D eigenvalue weighted by molar-refractivity contribution is 5.98. The van der Waals surface area contributed by atoms with Crippen molar-refractivity contribution in [2.75, 3.05) is 20.3 Å². The standard InChI is InChI=1S/C14H17N3O2/c1-19-7-6-17(12-4-5-12)14(18)10-2-3-11-9-15-16-13(11)8-10/h2-3,8-9,12H,4-7H2,1H3,(H,15,16). The van der Waals surface area contributed by atoms with Gasteiger partial charge in [0.1, 0.15) is 0 Å². The highest BCUT2D eigenvalue weighted by atomic mass is 16.5. The Kier molecular flexibility index (Phi) is 3.21. The van der Waals surface area contributed by atoms with Gasteiger partial charge < -0.3 is 9.64 Å². The fourth-order valence-electron chi connectivity index (χ4n) is 2.26. The molecular formula is C14H17N3O2. The normalized spacial score (nSPS) is 14.8. The summed E-state index contributed by atoms with van der Waals surface area (Å²) in [5.41, 5.74) is 1.60. The van der Waals surface area contributed by atoms with Crippen molar-refractivity contribution >= 4 is 16.8 Å². The number of nitrogens with one attached hydrogen (secondary N) is 1. The Morgan fingerprint density at radius 3 is 3.11 bits per heavy atom. The van der Waals surface area contributed by atoms with E-state index < -0.39 is 0 Å². The van der Waals surface area contributed by atoms with E-state index in [-0.39, 0.29) is 5.91 Å². The Hall–Kier alpha value is -1.88. The second-order valence-electron chi connectivity index (χ2n) is 4.89. The highest BCUT2D eigenvalue weighted by Gasteiger charge is 2.32. The van der Waals surface area contributed by atoms with Crippen LogP contribution < -0.4 is 0 Å². The number of amides is 1. The van der Waals surface area contributed by atoms with Crippen LogP contribution in [0.3, 0.4) is 0 Å². The summed E-state index contributed by atoms with van der Waals surface area (Å²) in [6, 6.07) is 6.04. The average Bonchev–Trinajstić information content (AvgIpc) is 3.15. The number of rotatable bonds is 5. The summed E-state index contributed by atoms with van der Waals surface area (Å²) in [5, 5.41) is 7.89. The molecule has 5 nitrogen and oxygen atoms in total. The van der Waals surface area contributed by atoms with Crippen molar-refractivity contribution in [2.24, 2.45) is 0 Å². The molecule has 1 aromatic heterocycles. The molecule has 0 atom stereocenters. The van der Waals surface area contributed by atoms with Gasteiger partial charge in [0.05, 0.1) is 18.3 Å². The predicted octanol–water partition coefficient (Wildman–Crippen LogP) is 1.81. The molecule has 2 aromatic rings. The second kappa shape index (κ2) is 5.01. The van der Waals surface area contributed by atoms with Gasteiger partial charge in [0.15, 0.2) is 0 Å². The van der Waals surface area contributed by atoms with Gasteiger partial charge in [-0.1, -0.05) is 6.07 Å². The van der Waals surface area contributed by atoms with Gasteiger partial charge >= 0.3 is 0 Å². The Morgan fingerprint density at radius 1 is 1.53 bits per heavy atom. The summed E-state index contributed by atoms with van der Waals surface area (Å²) in [4.78, 5) is 14.5. The van der Waals surface area contributed by atoms with Crippen molar-refractivity contribution in [1.82, 2.24) is 15.1 Å². The molecule has 0 spiro atoms. The largest absolute Gasteiger partial charge is 0.383 e. The van der Waals surface area contributed by atoms with Gasteiger partial charge in [-0.2, -0.15) is 5.10 Å². The Morgan fingerprint density at radius 2 is 2.37 bits per heavy atom. The van der Waals surface area contributed by atoms with Crippen LogP contribution in [0.15, 0.2) is 24.4 Å². The summed E-state index contributed by atoms with van der Waals surface area (Å²) in [6.07, 6.45) is 3.96. The first-order chi connectivity index (χ1) is 9.29. The van der Waals surface area contributed by atoms with Gasteiger partial charge in [-0.05, 0) is 25.0 Å². The highest BCUT2D eigenvalue weighted by Crippen LogP contribution is 2.28. The zero-order valence-corrected chi connectivity index (χ0v) is 10.9. The molecule has 3 rings (SSSR count). The summed E-state index contributed by atoms with van der Waals surface area (Å²) >= 11 is 0. The third-order valence-corrected chi connectivity index (χ3v) is 3.47. The smallest absolute Gasteiger partial charge is 0.254 e. The molecule has 1 heterocycles. The molecule has 0 radical (unpaired) electrons. The number of benzene rings is 1. The van der Waals surface area contributed by atoms with Crippen LogP contribution in [0, 0.1) is 0 Å². The van der Waals surface area contributed by atoms with Crippen LogP contribution in [-0.2, 0) is 4.74 Å². The number of carbonyl (C=O) groups excluding carboxylic acids is 1. The lowest BCUT2D eigenvalue weighted by Gasteiger charge is -2.22. The number of aromatic amines is 1. The first kappa shape index (κ1) is 12.2. The number of methoxy groups -OCH3 is 1.